The third kappa shape index (κ3) is 4.08. The molecule has 0 spiro atoms. The molecule has 1 aromatic carbocycles. The van der Waals surface area contributed by atoms with Gasteiger partial charge in [0.1, 0.15) is 6.07 Å². The van der Waals surface area contributed by atoms with Gasteiger partial charge in [-0.25, -0.2) is 8.78 Å². The Balaban J connectivity index is 1.89. The lowest BCUT2D eigenvalue weighted by Gasteiger charge is -2.05. The van der Waals surface area contributed by atoms with Gasteiger partial charge in [0.05, 0.1) is 5.56 Å². The van der Waals surface area contributed by atoms with Gasteiger partial charge in [-0.3, -0.25) is 9.78 Å². The maximum absolute atomic E-state index is 13.0. The number of pyridine rings is 1. The van der Waals surface area contributed by atoms with Crippen LogP contribution in [0.25, 0.3) is 0 Å². The first-order valence-corrected chi connectivity index (χ1v) is 6.18. The fourth-order valence-electron chi connectivity index (χ4n) is 1.68. The van der Waals surface area contributed by atoms with Gasteiger partial charge in [-0.05, 0) is 30.7 Å². The fourth-order valence-corrected chi connectivity index (χ4v) is 1.68. The number of nitrogens with one attached hydrogen (secondary N) is 1. The number of hydrogen-bond donors (Lipinski definition) is 1. The highest BCUT2D eigenvalue weighted by Crippen LogP contribution is 2.13. The monoisotopic (exact) mass is 287 g/mol. The van der Waals surface area contributed by atoms with E-state index in [0.717, 1.165) is 12.1 Å². The van der Waals surface area contributed by atoms with Gasteiger partial charge in [-0.2, -0.15) is 5.26 Å². The molecule has 0 atom stereocenters. The molecule has 0 aliphatic heterocycles. The first-order chi connectivity index (χ1) is 10.1. The number of halogens is 2. The van der Waals surface area contributed by atoms with Crippen LogP contribution in [0, 0.1) is 23.0 Å². The number of anilines is 1. The predicted octanol–water partition coefficient (Wildman–Crippen LogP) is 2.80. The lowest BCUT2D eigenvalue weighted by atomic mass is 10.2. The van der Waals surface area contributed by atoms with Crippen LogP contribution in [0.3, 0.4) is 0 Å². The third-order valence-electron chi connectivity index (χ3n) is 2.77. The molecule has 0 bridgehead atoms. The van der Waals surface area contributed by atoms with Crippen LogP contribution < -0.4 is 5.32 Å². The normalized spacial score (nSPS) is 9.95. The number of benzene rings is 1. The Bertz CT molecular complexity index is 693. The number of hydrogen-bond acceptors (Lipinski definition) is 3. The highest BCUT2D eigenvalue weighted by atomic mass is 19.2. The zero-order valence-electron chi connectivity index (χ0n) is 10.9. The number of nitrogens with zero attached hydrogens (tertiary/aromatic N) is 2. The highest BCUT2D eigenvalue weighted by molar-refractivity contribution is 5.90. The number of aromatic nitrogens is 1. The molecule has 4 nitrogen and oxygen atoms in total. The van der Waals surface area contributed by atoms with Crippen molar-refractivity contribution in [2.24, 2.45) is 0 Å². The third-order valence-corrected chi connectivity index (χ3v) is 2.77. The molecule has 0 unspecified atom stereocenters. The van der Waals surface area contributed by atoms with E-state index in [2.05, 4.69) is 10.3 Å². The molecular formula is C15H11F2N3O. The summed E-state index contributed by atoms with van der Waals surface area (Å²) in [5, 5.41) is 11.1. The molecule has 21 heavy (non-hydrogen) atoms. The zero-order chi connectivity index (χ0) is 15.2. The molecule has 0 fully saturated rings. The van der Waals surface area contributed by atoms with Gasteiger partial charge in [0, 0.05) is 30.1 Å². The summed E-state index contributed by atoms with van der Waals surface area (Å²) in [6.45, 7) is 0. The van der Waals surface area contributed by atoms with Crippen LogP contribution in [0.4, 0.5) is 14.5 Å². The van der Waals surface area contributed by atoms with E-state index >= 15 is 0 Å². The molecule has 6 heteroatoms. The number of rotatable bonds is 4. The Morgan fingerprint density at radius 1 is 1.24 bits per heavy atom. The van der Waals surface area contributed by atoms with Crippen LogP contribution in [-0.2, 0) is 11.2 Å². The molecule has 1 heterocycles. The predicted molar refractivity (Wildman–Crippen MR) is 72.3 cm³/mol. The SMILES string of the molecule is N#Cc1ccc(CCC(=O)Nc2ccc(F)c(F)c2)nc1. The molecule has 1 aromatic heterocycles. The Hall–Kier alpha value is -2.81. The molecule has 2 rings (SSSR count). The van der Waals surface area contributed by atoms with Crippen molar-refractivity contribution in [1.82, 2.24) is 4.98 Å². The Labute approximate surface area is 120 Å². The minimum atomic E-state index is -1.01. The molecular weight excluding hydrogens is 276 g/mol. The second kappa shape index (κ2) is 6.57. The summed E-state index contributed by atoms with van der Waals surface area (Å²) in [7, 11) is 0. The summed E-state index contributed by atoms with van der Waals surface area (Å²) in [5.74, 6) is -2.30. The average molecular weight is 287 g/mol. The maximum atomic E-state index is 13.0. The fraction of sp³-hybridized carbons (Fsp3) is 0.133. The smallest absolute Gasteiger partial charge is 0.224 e. The second-order valence-corrected chi connectivity index (χ2v) is 4.33. The first-order valence-electron chi connectivity index (χ1n) is 6.18. The van der Waals surface area contributed by atoms with Crippen LogP contribution >= 0.6 is 0 Å². The van der Waals surface area contributed by atoms with E-state index in [9.17, 15) is 13.6 Å². The minimum Gasteiger partial charge on any atom is -0.326 e. The Morgan fingerprint density at radius 2 is 2.05 bits per heavy atom. The molecule has 0 aliphatic carbocycles. The highest BCUT2D eigenvalue weighted by Gasteiger charge is 2.07. The topological polar surface area (TPSA) is 65.8 Å². The van der Waals surface area contributed by atoms with Crippen molar-refractivity contribution < 1.29 is 13.6 Å². The van der Waals surface area contributed by atoms with Gasteiger partial charge in [0.25, 0.3) is 0 Å². The van der Waals surface area contributed by atoms with Crippen molar-refractivity contribution in [1.29, 1.82) is 5.26 Å². The van der Waals surface area contributed by atoms with Crippen LogP contribution in [0.15, 0.2) is 36.5 Å². The Morgan fingerprint density at radius 3 is 2.67 bits per heavy atom. The van der Waals surface area contributed by atoms with E-state index in [1.165, 1.54) is 12.3 Å². The van der Waals surface area contributed by atoms with Crippen molar-refractivity contribution in [2.45, 2.75) is 12.8 Å². The summed E-state index contributed by atoms with van der Waals surface area (Å²) in [5.41, 5.74) is 1.33. The number of nitriles is 1. The quantitative estimate of drug-likeness (QED) is 0.940. The summed E-state index contributed by atoms with van der Waals surface area (Å²) < 4.78 is 25.7. The van der Waals surface area contributed by atoms with Gasteiger partial charge < -0.3 is 5.32 Å². The van der Waals surface area contributed by atoms with Crippen molar-refractivity contribution in [3.8, 4) is 6.07 Å². The molecule has 1 amide bonds. The Kier molecular flexibility index (Phi) is 4.57. The van der Waals surface area contributed by atoms with E-state index in [1.807, 2.05) is 6.07 Å². The van der Waals surface area contributed by atoms with Gasteiger partial charge in [-0.15, -0.1) is 0 Å². The van der Waals surface area contributed by atoms with Gasteiger partial charge in [-0.1, -0.05) is 0 Å². The average Bonchev–Trinajstić information content (AvgIpc) is 2.49. The van der Waals surface area contributed by atoms with Crippen molar-refractivity contribution in [2.75, 3.05) is 5.32 Å². The minimum absolute atomic E-state index is 0.151. The van der Waals surface area contributed by atoms with Crippen LogP contribution in [0.1, 0.15) is 17.7 Å². The number of carbonyl (C=O) groups is 1. The summed E-state index contributed by atoms with van der Waals surface area (Å²) in [6.07, 6.45) is 1.97. The lowest BCUT2D eigenvalue weighted by Crippen LogP contribution is -2.13. The first kappa shape index (κ1) is 14.6. The van der Waals surface area contributed by atoms with Gasteiger partial charge >= 0.3 is 0 Å². The molecule has 2 aromatic rings. The van der Waals surface area contributed by atoms with Crippen molar-refractivity contribution in [3.63, 3.8) is 0 Å². The van der Waals surface area contributed by atoms with E-state index < -0.39 is 11.6 Å². The van der Waals surface area contributed by atoms with Crippen LogP contribution in [-0.4, -0.2) is 10.9 Å². The summed E-state index contributed by atoms with van der Waals surface area (Å²) >= 11 is 0. The summed E-state index contributed by atoms with van der Waals surface area (Å²) in [4.78, 5) is 15.7. The van der Waals surface area contributed by atoms with Crippen molar-refractivity contribution >= 4 is 11.6 Å². The van der Waals surface area contributed by atoms with Gasteiger partial charge in [0.15, 0.2) is 11.6 Å². The van der Waals surface area contributed by atoms with E-state index in [0.29, 0.717) is 17.7 Å². The van der Waals surface area contributed by atoms with Crippen molar-refractivity contribution in [3.05, 3.63) is 59.4 Å². The van der Waals surface area contributed by atoms with Crippen LogP contribution in [0.5, 0.6) is 0 Å². The second-order valence-electron chi connectivity index (χ2n) is 4.33. The lowest BCUT2D eigenvalue weighted by molar-refractivity contribution is -0.116. The number of amides is 1. The van der Waals surface area contributed by atoms with Gasteiger partial charge in [0.2, 0.25) is 5.91 Å². The maximum Gasteiger partial charge on any atom is 0.224 e. The van der Waals surface area contributed by atoms with E-state index in [-0.39, 0.29) is 18.0 Å². The molecule has 0 aliphatic rings. The van der Waals surface area contributed by atoms with Crippen LogP contribution in [0.2, 0.25) is 0 Å². The molecule has 106 valence electrons. The standard InChI is InChI=1S/C15H11F2N3O/c16-13-5-3-12(7-14(13)17)20-15(21)6-4-11-2-1-10(8-18)9-19-11/h1-3,5,7,9H,4,6H2,(H,20,21). The zero-order valence-corrected chi connectivity index (χ0v) is 10.9. The molecule has 1 N–H and O–H groups in total. The largest absolute Gasteiger partial charge is 0.326 e. The summed E-state index contributed by atoms with van der Waals surface area (Å²) in [6, 6.07) is 8.41. The number of carbonyl (C=O) groups excluding carboxylic acids is 1. The molecule has 0 saturated heterocycles. The number of aryl methyl sites for hydroxylation is 1. The van der Waals surface area contributed by atoms with E-state index in [1.54, 1.807) is 12.1 Å². The molecule has 0 saturated carbocycles. The van der Waals surface area contributed by atoms with E-state index in [4.69, 9.17) is 5.26 Å². The molecule has 0 radical (unpaired) electrons.